The zero-order chi connectivity index (χ0) is 20.2. The van der Waals surface area contributed by atoms with Crippen LogP contribution in [0, 0.1) is 5.92 Å². The number of amides is 1. The quantitative estimate of drug-likeness (QED) is 0.747. The molecule has 2 fully saturated rings. The van der Waals surface area contributed by atoms with E-state index in [1.807, 2.05) is 0 Å². The van der Waals surface area contributed by atoms with Crippen molar-refractivity contribution in [2.24, 2.45) is 5.92 Å². The van der Waals surface area contributed by atoms with Crippen LogP contribution in [0.5, 0.6) is 11.5 Å². The van der Waals surface area contributed by atoms with Crippen LogP contribution in [0.1, 0.15) is 44.9 Å². The van der Waals surface area contributed by atoms with Gasteiger partial charge in [-0.25, -0.2) is 8.42 Å². The van der Waals surface area contributed by atoms with E-state index in [0.717, 1.165) is 38.6 Å². The second-order valence-corrected chi connectivity index (χ2v) is 9.85. The number of carbonyl (C=O) groups is 1. The predicted molar refractivity (Wildman–Crippen MR) is 106 cm³/mol. The number of hydrogen-bond donors (Lipinski definition) is 2. The van der Waals surface area contributed by atoms with E-state index in [4.69, 9.17) is 9.47 Å². The summed E-state index contributed by atoms with van der Waals surface area (Å²) in [6, 6.07) is 4.71. The van der Waals surface area contributed by atoms with Crippen LogP contribution in [-0.4, -0.2) is 46.5 Å². The minimum absolute atomic E-state index is 0.0435. The van der Waals surface area contributed by atoms with E-state index < -0.39 is 14.7 Å². The number of rotatable bonds is 6. The Morgan fingerprint density at radius 1 is 1.14 bits per heavy atom. The van der Waals surface area contributed by atoms with E-state index in [2.05, 4.69) is 10.6 Å². The summed E-state index contributed by atoms with van der Waals surface area (Å²) < 4.78 is 38.1. The molecule has 0 bridgehead atoms. The molecule has 7 nitrogen and oxygen atoms in total. The van der Waals surface area contributed by atoms with Gasteiger partial charge in [0, 0.05) is 18.5 Å². The lowest BCUT2D eigenvalue weighted by Crippen LogP contribution is -2.63. The smallest absolute Gasteiger partial charge is 0.224 e. The number of piperidine rings is 1. The van der Waals surface area contributed by atoms with Crippen molar-refractivity contribution in [1.82, 2.24) is 10.6 Å². The lowest BCUT2D eigenvalue weighted by Gasteiger charge is -2.39. The molecule has 2 aliphatic rings. The fourth-order valence-corrected chi connectivity index (χ4v) is 6.23. The SMILES string of the molecule is COc1ccc(OC)c(S(=O)(=O)[C@@]2(NC(=O)C3CCCCC3)CCCNC2)c1. The first kappa shape index (κ1) is 20.9. The third kappa shape index (κ3) is 3.98. The molecule has 1 amide bonds. The second kappa shape index (κ2) is 8.69. The maximum Gasteiger partial charge on any atom is 0.224 e. The molecule has 28 heavy (non-hydrogen) atoms. The summed E-state index contributed by atoms with van der Waals surface area (Å²) in [6.07, 6.45) is 5.82. The van der Waals surface area contributed by atoms with Crippen molar-refractivity contribution in [2.75, 3.05) is 27.3 Å². The number of sulfone groups is 1. The Hall–Kier alpha value is -1.80. The Balaban J connectivity index is 1.99. The van der Waals surface area contributed by atoms with Gasteiger partial charge >= 0.3 is 0 Å². The number of methoxy groups -OCH3 is 2. The Labute approximate surface area is 167 Å². The second-order valence-electron chi connectivity index (χ2n) is 7.62. The molecule has 1 aliphatic heterocycles. The molecule has 2 N–H and O–H groups in total. The Morgan fingerprint density at radius 3 is 2.50 bits per heavy atom. The van der Waals surface area contributed by atoms with Crippen molar-refractivity contribution >= 4 is 15.7 Å². The van der Waals surface area contributed by atoms with Gasteiger partial charge in [0.15, 0.2) is 4.87 Å². The molecule has 1 aliphatic carbocycles. The fourth-order valence-electron chi connectivity index (χ4n) is 4.18. The van der Waals surface area contributed by atoms with Gasteiger partial charge in [-0.2, -0.15) is 0 Å². The summed E-state index contributed by atoms with van der Waals surface area (Å²) in [7, 11) is -1.01. The van der Waals surface area contributed by atoms with Crippen molar-refractivity contribution in [1.29, 1.82) is 0 Å². The summed E-state index contributed by atoms with van der Waals surface area (Å²) in [4.78, 5) is 11.6. The Bertz CT molecular complexity index is 797. The van der Waals surface area contributed by atoms with Crippen molar-refractivity contribution in [3.8, 4) is 11.5 Å². The highest BCUT2D eigenvalue weighted by molar-refractivity contribution is 7.93. The topological polar surface area (TPSA) is 93.7 Å². The van der Waals surface area contributed by atoms with Crippen LogP contribution in [0.4, 0.5) is 0 Å². The van der Waals surface area contributed by atoms with Crippen LogP contribution in [0.3, 0.4) is 0 Å². The minimum atomic E-state index is -3.93. The number of ether oxygens (including phenoxy) is 2. The maximum absolute atomic E-state index is 13.8. The number of carbonyl (C=O) groups excluding carboxylic acids is 1. The molecular weight excluding hydrogens is 380 g/mol. The number of nitrogens with one attached hydrogen (secondary N) is 2. The highest BCUT2D eigenvalue weighted by atomic mass is 32.2. The molecule has 156 valence electrons. The fraction of sp³-hybridized carbons (Fsp3) is 0.650. The predicted octanol–water partition coefficient (Wildman–Crippen LogP) is 2.25. The van der Waals surface area contributed by atoms with E-state index in [1.54, 1.807) is 12.1 Å². The average Bonchev–Trinajstić information content (AvgIpc) is 2.74. The monoisotopic (exact) mass is 410 g/mol. The molecule has 0 aromatic heterocycles. The normalized spacial score (nSPS) is 23.8. The maximum atomic E-state index is 13.8. The summed E-state index contributed by atoms with van der Waals surface area (Å²) in [5.41, 5.74) is 0. The van der Waals surface area contributed by atoms with E-state index in [0.29, 0.717) is 18.6 Å². The van der Waals surface area contributed by atoms with E-state index in [1.165, 1.54) is 20.3 Å². The lowest BCUT2D eigenvalue weighted by atomic mass is 9.88. The number of hydrogen-bond acceptors (Lipinski definition) is 6. The van der Waals surface area contributed by atoms with E-state index in [-0.39, 0.29) is 29.0 Å². The van der Waals surface area contributed by atoms with Crippen LogP contribution in [0.25, 0.3) is 0 Å². The summed E-state index contributed by atoms with van der Waals surface area (Å²) >= 11 is 0. The van der Waals surface area contributed by atoms with Crippen LogP contribution in [0.15, 0.2) is 23.1 Å². The Kier molecular flexibility index (Phi) is 6.50. The van der Waals surface area contributed by atoms with Crippen LogP contribution in [0.2, 0.25) is 0 Å². The van der Waals surface area contributed by atoms with Crippen molar-refractivity contribution in [3.05, 3.63) is 18.2 Å². The molecule has 0 radical (unpaired) electrons. The van der Waals surface area contributed by atoms with Gasteiger partial charge < -0.3 is 20.1 Å². The van der Waals surface area contributed by atoms with Crippen LogP contribution >= 0.6 is 0 Å². The molecule has 1 heterocycles. The van der Waals surface area contributed by atoms with Gasteiger partial charge in [0.05, 0.1) is 14.2 Å². The summed E-state index contributed by atoms with van der Waals surface area (Å²) in [5, 5.41) is 6.10. The molecule has 0 unspecified atom stereocenters. The molecule has 1 aromatic rings. The van der Waals surface area contributed by atoms with Crippen molar-refractivity contribution in [3.63, 3.8) is 0 Å². The van der Waals surface area contributed by atoms with Gasteiger partial charge in [0.2, 0.25) is 15.7 Å². The largest absolute Gasteiger partial charge is 0.497 e. The minimum Gasteiger partial charge on any atom is -0.497 e. The summed E-state index contributed by atoms with van der Waals surface area (Å²) in [5.74, 6) is 0.401. The molecule has 1 saturated carbocycles. The van der Waals surface area contributed by atoms with Crippen molar-refractivity contribution in [2.45, 2.75) is 54.7 Å². The first-order valence-corrected chi connectivity index (χ1v) is 11.4. The first-order valence-electron chi connectivity index (χ1n) is 9.93. The molecule has 3 rings (SSSR count). The Morgan fingerprint density at radius 2 is 1.89 bits per heavy atom. The van der Waals surface area contributed by atoms with Gasteiger partial charge in [0.25, 0.3) is 0 Å². The van der Waals surface area contributed by atoms with E-state index >= 15 is 0 Å². The zero-order valence-corrected chi connectivity index (χ0v) is 17.4. The van der Waals surface area contributed by atoms with E-state index in [9.17, 15) is 13.2 Å². The van der Waals surface area contributed by atoms with Gasteiger partial charge in [-0.15, -0.1) is 0 Å². The molecule has 0 spiro atoms. The van der Waals surface area contributed by atoms with Crippen LogP contribution in [-0.2, 0) is 14.6 Å². The lowest BCUT2D eigenvalue weighted by molar-refractivity contribution is -0.127. The van der Waals surface area contributed by atoms with Gasteiger partial charge in [0.1, 0.15) is 16.4 Å². The number of benzene rings is 1. The van der Waals surface area contributed by atoms with Crippen molar-refractivity contribution < 1.29 is 22.7 Å². The highest BCUT2D eigenvalue weighted by Crippen LogP contribution is 2.37. The third-order valence-corrected chi connectivity index (χ3v) is 8.22. The van der Waals surface area contributed by atoms with Gasteiger partial charge in [-0.3, -0.25) is 4.79 Å². The average molecular weight is 411 g/mol. The highest BCUT2D eigenvalue weighted by Gasteiger charge is 2.48. The summed E-state index contributed by atoms with van der Waals surface area (Å²) in [6.45, 7) is 0.903. The van der Waals surface area contributed by atoms with Gasteiger partial charge in [-0.05, 0) is 44.4 Å². The molecule has 1 aromatic carbocycles. The third-order valence-electron chi connectivity index (χ3n) is 5.85. The van der Waals surface area contributed by atoms with Gasteiger partial charge in [-0.1, -0.05) is 19.3 Å². The molecular formula is C20H30N2O5S. The first-order chi connectivity index (χ1) is 13.4. The molecule has 1 saturated heterocycles. The van der Waals surface area contributed by atoms with Crippen LogP contribution < -0.4 is 20.1 Å². The standard InChI is InChI=1S/C20H30N2O5S/c1-26-16-9-10-17(27-2)18(13-16)28(24,25)20(11-6-12-21-14-20)22-19(23)15-7-4-3-5-8-15/h9-10,13,15,21H,3-8,11-12,14H2,1-2H3,(H,22,23)/t20-/m0/s1. The molecule has 1 atom stereocenters. The zero-order valence-electron chi connectivity index (χ0n) is 16.6. The molecule has 8 heteroatoms.